The number of piperidine rings is 1. The fraction of sp³-hybridized carbons (Fsp3) is 0.500. The summed E-state index contributed by atoms with van der Waals surface area (Å²) in [7, 11) is 0. The van der Waals surface area contributed by atoms with Crippen LogP contribution in [0.4, 0.5) is 5.95 Å². The Balaban J connectivity index is 1.34. The quantitative estimate of drug-likeness (QED) is 0.832. The molecule has 3 heterocycles. The van der Waals surface area contributed by atoms with Gasteiger partial charge in [-0.05, 0) is 48.9 Å². The van der Waals surface area contributed by atoms with E-state index < -0.39 is 0 Å². The van der Waals surface area contributed by atoms with Crippen molar-refractivity contribution in [3.63, 3.8) is 0 Å². The largest absolute Gasteiger partial charge is 0.484 e. The van der Waals surface area contributed by atoms with Gasteiger partial charge in [0.1, 0.15) is 5.75 Å². The molecule has 0 radical (unpaired) electrons. The molecule has 154 valence electrons. The number of anilines is 1. The van der Waals surface area contributed by atoms with Crippen molar-refractivity contribution >= 4 is 11.9 Å². The zero-order chi connectivity index (χ0) is 20.3. The number of aliphatic hydroxyl groups is 1. The number of amides is 1. The SMILES string of the molecule is Cc1cccc(OCC(=O)N2CCC3(CC2)CN(c2ncccn2)CC3CO)c1. The van der Waals surface area contributed by atoms with Crippen LogP contribution >= 0.6 is 0 Å². The van der Waals surface area contributed by atoms with Gasteiger partial charge in [0.2, 0.25) is 5.95 Å². The van der Waals surface area contributed by atoms with Crippen LogP contribution in [0.5, 0.6) is 5.75 Å². The first kappa shape index (κ1) is 19.6. The van der Waals surface area contributed by atoms with E-state index in [2.05, 4.69) is 14.9 Å². The van der Waals surface area contributed by atoms with Gasteiger partial charge in [-0.1, -0.05) is 12.1 Å². The highest BCUT2D eigenvalue weighted by atomic mass is 16.5. The Morgan fingerprint density at radius 2 is 2.00 bits per heavy atom. The highest BCUT2D eigenvalue weighted by Crippen LogP contribution is 2.45. The lowest BCUT2D eigenvalue weighted by Crippen LogP contribution is -2.48. The molecule has 1 unspecified atom stereocenters. The van der Waals surface area contributed by atoms with E-state index in [0.717, 1.165) is 37.2 Å². The van der Waals surface area contributed by atoms with Gasteiger partial charge >= 0.3 is 0 Å². The summed E-state index contributed by atoms with van der Waals surface area (Å²) < 4.78 is 5.68. The average Bonchev–Trinajstić information content (AvgIpc) is 3.11. The number of ether oxygens (including phenoxy) is 1. The van der Waals surface area contributed by atoms with Crippen molar-refractivity contribution in [2.75, 3.05) is 44.3 Å². The molecule has 29 heavy (non-hydrogen) atoms. The Bertz CT molecular complexity index is 837. The molecule has 4 rings (SSSR count). The van der Waals surface area contributed by atoms with Gasteiger partial charge < -0.3 is 19.6 Å². The van der Waals surface area contributed by atoms with Crippen LogP contribution in [0.25, 0.3) is 0 Å². The third-order valence-corrected chi connectivity index (χ3v) is 6.33. The van der Waals surface area contributed by atoms with E-state index in [1.54, 1.807) is 12.4 Å². The summed E-state index contributed by atoms with van der Waals surface area (Å²) in [5.41, 5.74) is 1.11. The molecule has 2 fully saturated rings. The van der Waals surface area contributed by atoms with Crippen LogP contribution in [0.3, 0.4) is 0 Å². The van der Waals surface area contributed by atoms with Crippen molar-refractivity contribution in [3.05, 3.63) is 48.3 Å². The summed E-state index contributed by atoms with van der Waals surface area (Å²) in [6.45, 7) is 5.17. The van der Waals surface area contributed by atoms with Crippen LogP contribution in [0.2, 0.25) is 0 Å². The molecule has 1 aromatic carbocycles. The van der Waals surface area contributed by atoms with Gasteiger partial charge in [0, 0.05) is 51.1 Å². The number of aromatic nitrogens is 2. The van der Waals surface area contributed by atoms with Crippen LogP contribution in [-0.4, -0.2) is 65.3 Å². The summed E-state index contributed by atoms with van der Waals surface area (Å²) >= 11 is 0. The third kappa shape index (κ3) is 4.19. The van der Waals surface area contributed by atoms with Crippen LogP contribution in [-0.2, 0) is 4.79 Å². The van der Waals surface area contributed by atoms with Crippen molar-refractivity contribution in [1.82, 2.24) is 14.9 Å². The first-order chi connectivity index (χ1) is 14.1. The Hall–Kier alpha value is -2.67. The van der Waals surface area contributed by atoms with E-state index in [9.17, 15) is 9.90 Å². The summed E-state index contributed by atoms with van der Waals surface area (Å²) in [6, 6.07) is 9.54. The molecule has 2 saturated heterocycles. The molecule has 2 aliphatic rings. The molecule has 1 spiro atoms. The molecule has 1 aromatic heterocycles. The monoisotopic (exact) mass is 396 g/mol. The number of aryl methyl sites for hydroxylation is 1. The maximum Gasteiger partial charge on any atom is 0.260 e. The lowest BCUT2D eigenvalue weighted by atomic mass is 9.71. The number of aliphatic hydroxyl groups excluding tert-OH is 1. The highest BCUT2D eigenvalue weighted by molar-refractivity contribution is 5.77. The van der Waals surface area contributed by atoms with E-state index in [0.29, 0.717) is 19.0 Å². The van der Waals surface area contributed by atoms with Crippen molar-refractivity contribution in [2.45, 2.75) is 19.8 Å². The first-order valence-electron chi connectivity index (χ1n) is 10.2. The lowest BCUT2D eigenvalue weighted by Gasteiger charge is -2.42. The minimum absolute atomic E-state index is 0.00211. The minimum atomic E-state index is 0.00211. The maximum atomic E-state index is 12.6. The Morgan fingerprint density at radius 3 is 2.69 bits per heavy atom. The van der Waals surface area contributed by atoms with Crippen molar-refractivity contribution in [3.8, 4) is 5.75 Å². The molecule has 7 nitrogen and oxygen atoms in total. The van der Waals surface area contributed by atoms with Crippen LogP contribution in [0, 0.1) is 18.3 Å². The second kappa shape index (κ2) is 8.37. The topological polar surface area (TPSA) is 78.8 Å². The zero-order valence-corrected chi connectivity index (χ0v) is 16.8. The molecule has 7 heteroatoms. The maximum absolute atomic E-state index is 12.6. The number of nitrogens with zero attached hydrogens (tertiary/aromatic N) is 4. The Morgan fingerprint density at radius 1 is 1.24 bits per heavy atom. The molecule has 0 saturated carbocycles. The molecular formula is C22H28N4O3. The molecule has 0 aliphatic carbocycles. The zero-order valence-electron chi connectivity index (χ0n) is 16.8. The summed E-state index contributed by atoms with van der Waals surface area (Å²) in [4.78, 5) is 25.4. The third-order valence-electron chi connectivity index (χ3n) is 6.33. The van der Waals surface area contributed by atoms with Crippen molar-refractivity contribution in [1.29, 1.82) is 0 Å². The number of benzene rings is 1. The van der Waals surface area contributed by atoms with Gasteiger partial charge in [0.25, 0.3) is 5.91 Å². The second-order valence-corrected chi connectivity index (χ2v) is 8.16. The molecule has 0 bridgehead atoms. The fourth-order valence-corrected chi connectivity index (χ4v) is 4.60. The summed E-state index contributed by atoms with van der Waals surface area (Å²) in [6.07, 6.45) is 5.24. The smallest absolute Gasteiger partial charge is 0.260 e. The lowest BCUT2D eigenvalue weighted by molar-refractivity contribution is -0.136. The summed E-state index contributed by atoms with van der Waals surface area (Å²) in [5.74, 6) is 1.63. The number of hydrogen-bond donors (Lipinski definition) is 1. The van der Waals surface area contributed by atoms with Gasteiger partial charge in [-0.3, -0.25) is 4.79 Å². The molecule has 2 aliphatic heterocycles. The molecular weight excluding hydrogens is 368 g/mol. The number of carbonyl (C=O) groups excluding carboxylic acids is 1. The first-order valence-corrected chi connectivity index (χ1v) is 10.2. The molecule has 1 amide bonds. The van der Waals surface area contributed by atoms with E-state index in [1.165, 1.54) is 0 Å². The van der Waals surface area contributed by atoms with Gasteiger partial charge in [-0.15, -0.1) is 0 Å². The fourth-order valence-electron chi connectivity index (χ4n) is 4.60. The van der Waals surface area contributed by atoms with Gasteiger partial charge in [-0.25, -0.2) is 9.97 Å². The minimum Gasteiger partial charge on any atom is -0.484 e. The average molecular weight is 396 g/mol. The number of carbonyl (C=O) groups is 1. The van der Waals surface area contributed by atoms with E-state index >= 15 is 0 Å². The number of rotatable bonds is 5. The van der Waals surface area contributed by atoms with Gasteiger partial charge in [0.15, 0.2) is 6.61 Å². The number of likely N-dealkylation sites (tertiary alicyclic amines) is 1. The molecule has 1 N–H and O–H groups in total. The summed E-state index contributed by atoms with van der Waals surface area (Å²) in [5, 5.41) is 9.99. The highest BCUT2D eigenvalue weighted by Gasteiger charge is 2.48. The molecule has 1 atom stereocenters. The molecule has 2 aromatic rings. The van der Waals surface area contributed by atoms with Gasteiger partial charge in [0.05, 0.1) is 0 Å². The predicted octanol–water partition coefficient (Wildman–Crippen LogP) is 1.90. The van der Waals surface area contributed by atoms with Crippen LogP contribution < -0.4 is 9.64 Å². The predicted molar refractivity (Wildman–Crippen MR) is 110 cm³/mol. The van der Waals surface area contributed by atoms with E-state index in [4.69, 9.17) is 4.74 Å². The standard InChI is InChI=1S/C22H28N4O3/c1-17-4-2-5-19(12-17)29-15-20(28)25-10-6-22(7-11-25)16-26(13-18(22)14-27)21-23-8-3-9-24-21/h2-5,8-9,12,18,27H,6-7,10-11,13-16H2,1H3. The number of hydrogen-bond acceptors (Lipinski definition) is 6. The normalized spacial score (nSPS) is 20.8. The Labute approximate surface area is 171 Å². The van der Waals surface area contributed by atoms with Crippen LogP contribution in [0.1, 0.15) is 18.4 Å². The van der Waals surface area contributed by atoms with Crippen molar-refractivity contribution in [2.24, 2.45) is 11.3 Å². The van der Waals surface area contributed by atoms with E-state index in [-0.39, 0.29) is 30.5 Å². The van der Waals surface area contributed by atoms with E-state index in [1.807, 2.05) is 42.2 Å². The van der Waals surface area contributed by atoms with Crippen molar-refractivity contribution < 1.29 is 14.6 Å². The van der Waals surface area contributed by atoms with Crippen LogP contribution in [0.15, 0.2) is 42.7 Å². The van der Waals surface area contributed by atoms with Gasteiger partial charge in [-0.2, -0.15) is 0 Å². The Kier molecular flexibility index (Phi) is 5.67. The second-order valence-electron chi connectivity index (χ2n) is 8.16.